The van der Waals surface area contributed by atoms with E-state index in [0.717, 1.165) is 25.7 Å². The summed E-state index contributed by atoms with van der Waals surface area (Å²) < 4.78 is 70.3. The van der Waals surface area contributed by atoms with Gasteiger partial charge in [0.2, 0.25) is 5.89 Å². The minimum Gasteiger partial charge on any atom is -0.415 e. The number of alkyl halides is 2. The van der Waals surface area contributed by atoms with Gasteiger partial charge in [-0.2, -0.15) is 8.78 Å². The first-order valence-electron chi connectivity index (χ1n) is 16.0. The number of piperazine rings is 1. The topological polar surface area (TPSA) is 112 Å². The van der Waals surface area contributed by atoms with Crippen molar-refractivity contribution < 1.29 is 35.6 Å². The van der Waals surface area contributed by atoms with Crippen LogP contribution in [0.15, 0.2) is 77.2 Å². The van der Waals surface area contributed by atoms with E-state index >= 15 is 4.39 Å². The van der Waals surface area contributed by atoms with Crippen molar-refractivity contribution in [1.82, 2.24) is 25.1 Å². The Hall–Kier alpha value is -4.47. The third-order valence-electron chi connectivity index (χ3n) is 8.62. The monoisotopic (exact) mass is 698 g/mol. The van der Waals surface area contributed by atoms with E-state index in [2.05, 4.69) is 41.1 Å². The number of hydrogen-bond acceptors (Lipinski definition) is 9. The lowest BCUT2D eigenvalue weighted by Crippen LogP contribution is -2.57. The van der Waals surface area contributed by atoms with Crippen molar-refractivity contribution in [3.05, 3.63) is 95.6 Å². The second-order valence-electron chi connectivity index (χ2n) is 12.4. The van der Waals surface area contributed by atoms with Gasteiger partial charge in [-0.3, -0.25) is 9.80 Å². The van der Waals surface area contributed by atoms with E-state index in [0.29, 0.717) is 11.4 Å². The number of benzene rings is 3. The summed E-state index contributed by atoms with van der Waals surface area (Å²) in [6.07, 6.45) is -2.96. The van der Waals surface area contributed by atoms with Crippen molar-refractivity contribution in [3.63, 3.8) is 0 Å². The Morgan fingerprint density at radius 2 is 1.65 bits per heavy atom. The van der Waals surface area contributed by atoms with Crippen molar-refractivity contribution in [2.45, 2.75) is 45.4 Å². The van der Waals surface area contributed by atoms with Crippen molar-refractivity contribution in [3.8, 4) is 17.2 Å². The van der Waals surface area contributed by atoms with E-state index in [4.69, 9.17) is 9.25 Å². The molecule has 0 bridgehead atoms. The molecule has 2 saturated heterocycles. The molecule has 0 N–H and O–H groups in total. The summed E-state index contributed by atoms with van der Waals surface area (Å²) in [5, 5.41) is 8.82. The summed E-state index contributed by atoms with van der Waals surface area (Å²) in [5.74, 6) is -1.62. The molecule has 15 heteroatoms. The zero-order valence-electron chi connectivity index (χ0n) is 27.1. The van der Waals surface area contributed by atoms with Gasteiger partial charge in [-0.25, -0.2) is 17.6 Å². The smallest absolute Gasteiger partial charge is 0.324 e. The predicted molar refractivity (Wildman–Crippen MR) is 176 cm³/mol. The normalized spacial score (nSPS) is 20.0. The quantitative estimate of drug-likeness (QED) is 0.222. The summed E-state index contributed by atoms with van der Waals surface area (Å²) >= 11 is 0. The maximum atomic E-state index is 15.4. The van der Waals surface area contributed by atoms with E-state index in [1.165, 1.54) is 27.5 Å². The fraction of sp³-hybridized carbons (Fsp3) is 0.382. The Morgan fingerprint density at radius 1 is 0.980 bits per heavy atom. The number of amides is 2. The maximum Gasteiger partial charge on any atom is 0.324 e. The van der Waals surface area contributed by atoms with Crippen LogP contribution in [0.5, 0.6) is 5.75 Å². The molecule has 2 aliphatic rings. The van der Waals surface area contributed by atoms with Crippen LogP contribution in [-0.4, -0.2) is 89.3 Å². The number of anilines is 1. The van der Waals surface area contributed by atoms with Crippen LogP contribution in [0.4, 0.5) is 23.7 Å². The number of sulfone groups is 1. The highest BCUT2D eigenvalue weighted by Crippen LogP contribution is 2.29. The highest BCUT2D eigenvalue weighted by Gasteiger charge is 2.32. The van der Waals surface area contributed by atoms with E-state index in [1.54, 1.807) is 24.3 Å². The molecule has 260 valence electrons. The van der Waals surface area contributed by atoms with Gasteiger partial charge in [-0.05, 0) is 55.8 Å². The molecule has 0 radical (unpaired) electrons. The molecule has 1 aromatic heterocycles. The molecule has 0 spiro atoms. The number of carbonyl (C=O) groups is 1. The summed E-state index contributed by atoms with van der Waals surface area (Å²) in [5.41, 5.74) is 1.93. The van der Waals surface area contributed by atoms with Gasteiger partial charge in [0.1, 0.15) is 11.6 Å². The number of aromatic nitrogens is 2. The maximum absolute atomic E-state index is 15.4. The zero-order valence-corrected chi connectivity index (χ0v) is 27.9. The molecule has 2 fully saturated rings. The second-order valence-corrected chi connectivity index (χ2v) is 14.7. The first kappa shape index (κ1) is 34.4. The molecule has 2 amide bonds. The Bertz CT molecular complexity index is 1840. The first-order valence-corrected chi connectivity index (χ1v) is 17.8. The van der Waals surface area contributed by atoms with Crippen LogP contribution in [0, 0.1) is 5.82 Å². The molecule has 0 aliphatic carbocycles. The molecule has 6 rings (SSSR count). The third kappa shape index (κ3) is 8.23. The Morgan fingerprint density at radius 3 is 2.27 bits per heavy atom. The SMILES string of the molecule is C[C@@H]1CN(Cc2ccccc2)C[C@H](C)N1Oc1ccc(N(Cc2ccc(-c3nnc(C(F)F)o3)cc2F)C(=O)N2CCS(=O)(=O)CC2)cc1. The van der Waals surface area contributed by atoms with Gasteiger partial charge in [0.25, 0.3) is 5.89 Å². The minimum atomic E-state index is -3.25. The lowest BCUT2D eigenvalue weighted by Gasteiger charge is -2.43. The van der Waals surface area contributed by atoms with Crippen LogP contribution in [0.25, 0.3) is 11.5 Å². The Labute approximate surface area is 282 Å². The second kappa shape index (κ2) is 14.6. The molecule has 3 aromatic carbocycles. The van der Waals surface area contributed by atoms with E-state index in [-0.39, 0.29) is 60.2 Å². The van der Waals surface area contributed by atoms with Crippen molar-refractivity contribution in [2.24, 2.45) is 0 Å². The van der Waals surface area contributed by atoms with Gasteiger partial charge in [0.15, 0.2) is 9.84 Å². The number of rotatable bonds is 9. The third-order valence-corrected chi connectivity index (χ3v) is 10.2. The van der Waals surface area contributed by atoms with Gasteiger partial charge in [0, 0.05) is 49.5 Å². The van der Waals surface area contributed by atoms with Crippen LogP contribution in [0.1, 0.15) is 37.3 Å². The molecule has 2 atom stereocenters. The van der Waals surface area contributed by atoms with Crippen LogP contribution in [0.3, 0.4) is 0 Å². The number of urea groups is 1. The number of nitrogens with zero attached hydrogens (tertiary/aromatic N) is 6. The van der Waals surface area contributed by atoms with E-state index in [1.807, 2.05) is 23.3 Å². The summed E-state index contributed by atoms with van der Waals surface area (Å²) in [6.45, 7) is 6.52. The minimum absolute atomic E-state index is 0.00986. The lowest BCUT2D eigenvalue weighted by atomic mass is 10.1. The number of hydroxylamine groups is 2. The molecule has 11 nitrogen and oxygen atoms in total. The Kier molecular flexibility index (Phi) is 10.2. The summed E-state index contributed by atoms with van der Waals surface area (Å²) in [4.78, 5) is 25.3. The summed E-state index contributed by atoms with van der Waals surface area (Å²) in [6, 6.07) is 20.8. The largest absolute Gasteiger partial charge is 0.415 e. The number of hydrogen-bond donors (Lipinski definition) is 0. The zero-order chi connectivity index (χ0) is 34.7. The van der Waals surface area contributed by atoms with Crippen LogP contribution >= 0.6 is 0 Å². The van der Waals surface area contributed by atoms with Crippen LogP contribution in [-0.2, 0) is 22.9 Å². The molecular formula is C34H37F3N6O5S. The van der Waals surface area contributed by atoms with Gasteiger partial charge in [0.05, 0.1) is 30.1 Å². The van der Waals surface area contributed by atoms with Gasteiger partial charge in [-0.1, -0.05) is 36.4 Å². The van der Waals surface area contributed by atoms with Crippen molar-refractivity contribution >= 4 is 21.6 Å². The van der Waals surface area contributed by atoms with Crippen molar-refractivity contribution in [1.29, 1.82) is 0 Å². The molecule has 49 heavy (non-hydrogen) atoms. The molecule has 0 saturated carbocycles. The van der Waals surface area contributed by atoms with Gasteiger partial charge in [-0.15, -0.1) is 15.3 Å². The van der Waals surface area contributed by atoms with Gasteiger partial charge >= 0.3 is 12.5 Å². The predicted octanol–water partition coefficient (Wildman–Crippen LogP) is 5.56. The fourth-order valence-corrected chi connectivity index (χ4v) is 7.34. The van der Waals surface area contributed by atoms with Crippen molar-refractivity contribution in [2.75, 3.05) is 42.6 Å². The molecule has 0 unspecified atom stereocenters. The first-order chi connectivity index (χ1) is 23.5. The average molecular weight is 699 g/mol. The fourth-order valence-electron chi connectivity index (χ4n) is 6.14. The number of halogens is 3. The van der Waals surface area contributed by atoms with Crippen LogP contribution < -0.4 is 9.74 Å². The molecular weight excluding hydrogens is 661 g/mol. The highest BCUT2D eigenvalue weighted by atomic mass is 32.2. The summed E-state index contributed by atoms with van der Waals surface area (Å²) in [7, 11) is -3.25. The average Bonchev–Trinajstić information content (AvgIpc) is 3.58. The standard InChI is InChI=1S/C34H37F3N6O5S/c1-23-19-40(21-25-6-4-3-5-7-25)20-24(2)43(23)48-29-12-10-28(11-13-29)42(34(44)41-14-16-49(45,46)17-15-41)22-27-9-8-26(18-30(27)35)32-38-39-33(47-32)31(36)37/h3-13,18,23-24,31H,14-17,19-22H2,1-2H3/t23-,24+. The van der Waals surface area contributed by atoms with Crippen LogP contribution in [0.2, 0.25) is 0 Å². The van der Waals surface area contributed by atoms with E-state index in [9.17, 15) is 22.0 Å². The highest BCUT2D eigenvalue weighted by molar-refractivity contribution is 7.91. The van der Waals surface area contributed by atoms with Gasteiger partial charge < -0.3 is 14.2 Å². The molecule has 4 aromatic rings. The lowest BCUT2D eigenvalue weighted by molar-refractivity contribution is -0.155. The van der Waals surface area contributed by atoms with E-state index < -0.39 is 34.0 Å². The Balaban J connectivity index is 1.18. The molecule has 2 aliphatic heterocycles. The number of carbonyl (C=O) groups excluding carboxylic acids is 1. The molecule has 3 heterocycles.